The Morgan fingerprint density at radius 2 is 1.95 bits per heavy atom. The summed E-state index contributed by atoms with van der Waals surface area (Å²) in [5, 5.41) is 2.61. The number of nitrogens with one attached hydrogen (secondary N) is 1. The number of hydrogen-bond donors (Lipinski definition) is 1. The average molecular weight is 284 g/mol. The summed E-state index contributed by atoms with van der Waals surface area (Å²) < 4.78 is 25.1. The number of sulfonamides is 1. The third kappa shape index (κ3) is 4.55. The fraction of sp³-hybridized carbons (Fsp3) is 0.462. The monoisotopic (exact) mass is 284 g/mol. The molecule has 0 bridgehead atoms. The van der Waals surface area contributed by atoms with E-state index in [2.05, 4.69) is 5.32 Å². The second-order valence-electron chi connectivity index (χ2n) is 4.61. The van der Waals surface area contributed by atoms with E-state index in [9.17, 15) is 13.2 Å². The maximum absolute atomic E-state index is 11.9. The zero-order chi connectivity index (χ0) is 14.6. The first-order valence-electron chi connectivity index (χ1n) is 6.01. The van der Waals surface area contributed by atoms with Gasteiger partial charge >= 0.3 is 0 Å². The Kier molecular flexibility index (Phi) is 4.94. The van der Waals surface area contributed by atoms with Crippen LogP contribution in [0, 0.1) is 13.8 Å². The molecule has 5 nitrogen and oxygen atoms in total. The molecule has 0 heterocycles. The van der Waals surface area contributed by atoms with Crippen molar-refractivity contribution in [3.05, 3.63) is 29.3 Å². The normalized spacial score (nSPS) is 11.2. The van der Waals surface area contributed by atoms with E-state index in [-0.39, 0.29) is 19.0 Å². The molecule has 0 aliphatic carbocycles. The van der Waals surface area contributed by atoms with Gasteiger partial charge in [0.1, 0.15) is 0 Å². The van der Waals surface area contributed by atoms with Crippen LogP contribution in [0.1, 0.15) is 18.1 Å². The first kappa shape index (κ1) is 15.5. The lowest BCUT2D eigenvalue weighted by Gasteiger charge is -2.24. The molecule has 0 atom stereocenters. The largest absolute Gasteiger partial charge is 0.355 e. The molecule has 0 aliphatic heterocycles. The van der Waals surface area contributed by atoms with Crippen molar-refractivity contribution in [1.82, 2.24) is 5.32 Å². The van der Waals surface area contributed by atoms with E-state index in [0.29, 0.717) is 5.69 Å². The Labute approximate surface area is 114 Å². The number of anilines is 1. The van der Waals surface area contributed by atoms with Crippen LogP contribution < -0.4 is 9.62 Å². The van der Waals surface area contributed by atoms with Crippen LogP contribution in [0.5, 0.6) is 0 Å². The van der Waals surface area contributed by atoms with Gasteiger partial charge in [0, 0.05) is 13.5 Å². The molecule has 1 rings (SSSR count). The van der Waals surface area contributed by atoms with Crippen LogP contribution in [-0.4, -0.2) is 33.7 Å². The first-order valence-corrected chi connectivity index (χ1v) is 7.86. The minimum atomic E-state index is -3.37. The van der Waals surface area contributed by atoms with Crippen molar-refractivity contribution in [2.45, 2.75) is 20.8 Å². The highest BCUT2D eigenvalue weighted by atomic mass is 32.2. The second kappa shape index (κ2) is 6.06. The quantitative estimate of drug-likeness (QED) is 0.883. The van der Waals surface area contributed by atoms with E-state index in [1.165, 1.54) is 17.5 Å². The number of hydrogen-bond acceptors (Lipinski definition) is 3. The van der Waals surface area contributed by atoms with Gasteiger partial charge in [-0.05, 0) is 31.0 Å². The van der Waals surface area contributed by atoms with E-state index in [1.807, 2.05) is 32.0 Å². The van der Waals surface area contributed by atoms with Gasteiger partial charge in [-0.25, -0.2) is 8.42 Å². The SMILES string of the molecule is CC(=O)NCCN(c1cc(C)ccc1C)S(C)(=O)=O. The van der Waals surface area contributed by atoms with Crippen LogP contribution in [0.25, 0.3) is 0 Å². The molecule has 6 heteroatoms. The third-order valence-corrected chi connectivity index (χ3v) is 3.90. The van der Waals surface area contributed by atoms with Crippen LogP contribution in [-0.2, 0) is 14.8 Å². The first-order chi connectivity index (χ1) is 8.71. The van der Waals surface area contributed by atoms with E-state index in [1.54, 1.807) is 0 Å². The van der Waals surface area contributed by atoms with E-state index in [0.717, 1.165) is 11.1 Å². The molecule has 1 N–H and O–H groups in total. The van der Waals surface area contributed by atoms with Crippen LogP contribution >= 0.6 is 0 Å². The lowest BCUT2D eigenvalue weighted by molar-refractivity contribution is -0.118. The number of aryl methyl sites for hydroxylation is 2. The summed E-state index contributed by atoms with van der Waals surface area (Å²) in [6.07, 6.45) is 1.17. The number of amides is 1. The van der Waals surface area contributed by atoms with Gasteiger partial charge < -0.3 is 5.32 Å². The maximum Gasteiger partial charge on any atom is 0.232 e. The van der Waals surface area contributed by atoms with Crippen LogP contribution in [0.3, 0.4) is 0 Å². The second-order valence-corrected chi connectivity index (χ2v) is 6.51. The molecule has 0 aliphatic rings. The summed E-state index contributed by atoms with van der Waals surface area (Å²) in [5.41, 5.74) is 2.54. The number of nitrogens with zero attached hydrogens (tertiary/aromatic N) is 1. The Morgan fingerprint density at radius 3 is 2.47 bits per heavy atom. The molecule has 0 aromatic heterocycles. The van der Waals surface area contributed by atoms with Gasteiger partial charge in [0.25, 0.3) is 0 Å². The average Bonchev–Trinajstić information content (AvgIpc) is 2.26. The summed E-state index contributed by atoms with van der Waals surface area (Å²) in [4.78, 5) is 10.9. The molecule has 0 spiro atoms. The van der Waals surface area contributed by atoms with Gasteiger partial charge in [0.15, 0.2) is 0 Å². The summed E-state index contributed by atoms with van der Waals surface area (Å²) >= 11 is 0. The standard InChI is InChI=1S/C13H20N2O3S/c1-10-5-6-11(2)13(9-10)15(19(4,17)18)8-7-14-12(3)16/h5-6,9H,7-8H2,1-4H3,(H,14,16). The molecule has 0 saturated heterocycles. The summed E-state index contributed by atoms with van der Waals surface area (Å²) in [6, 6.07) is 5.67. The minimum Gasteiger partial charge on any atom is -0.355 e. The Morgan fingerprint density at radius 1 is 1.32 bits per heavy atom. The third-order valence-electron chi connectivity index (χ3n) is 2.72. The molecule has 1 amide bonds. The zero-order valence-electron chi connectivity index (χ0n) is 11.7. The van der Waals surface area contributed by atoms with Crippen LogP contribution in [0.2, 0.25) is 0 Å². The summed E-state index contributed by atoms with van der Waals surface area (Å²) in [5.74, 6) is -0.172. The molecule has 0 fully saturated rings. The van der Waals surface area contributed by atoms with Crippen molar-refractivity contribution < 1.29 is 13.2 Å². The minimum absolute atomic E-state index is 0.172. The van der Waals surface area contributed by atoms with Gasteiger partial charge in [-0.2, -0.15) is 0 Å². The van der Waals surface area contributed by atoms with E-state index in [4.69, 9.17) is 0 Å². The maximum atomic E-state index is 11.9. The van der Waals surface area contributed by atoms with Gasteiger partial charge in [-0.15, -0.1) is 0 Å². The molecule has 0 unspecified atom stereocenters. The van der Waals surface area contributed by atoms with Gasteiger partial charge in [-0.3, -0.25) is 9.10 Å². The Hall–Kier alpha value is -1.56. The molecule has 1 aromatic carbocycles. The number of rotatable bonds is 5. The highest BCUT2D eigenvalue weighted by Gasteiger charge is 2.18. The fourth-order valence-electron chi connectivity index (χ4n) is 1.79. The van der Waals surface area contributed by atoms with Crippen molar-refractivity contribution in [2.24, 2.45) is 0 Å². The molecular formula is C13H20N2O3S. The van der Waals surface area contributed by atoms with Crippen LogP contribution in [0.4, 0.5) is 5.69 Å². The summed E-state index contributed by atoms with van der Waals surface area (Å²) in [7, 11) is -3.37. The Balaban J connectivity index is 3.04. The van der Waals surface area contributed by atoms with Crippen molar-refractivity contribution in [3.63, 3.8) is 0 Å². The van der Waals surface area contributed by atoms with Gasteiger partial charge in [0.05, 0.1) is 18.5 Å². The highest BCUT2D eigenvalue weighted by Crippen LogP contribution is 2.23. The Bertz CT molecular complexity index is 567. The molecule has 106 valence electrons. The smallest absolute Gasteiger partial charge is 0.232 e. The van der Waals surface area contributed by atoms with Crippen molar-refractivity contribution >= 4 is 21.6 Å². The highest BCUT2D eigenvalue weighted by molar-refractivity contribution is 7.92. The molecule has 1 aromatic rings. The lowest BCUT2D eigenvalue weighted by Crippen LogP contribution is -2.37. The predicted molar refractivity (Wildman–Crippen MR) is 76.8 cm³/mol. The summed E-state index contributed by atoms with van der Waals surface area (Å²) in [6.45, 7) is 5.70. The van der Waals surface area contributed by atoms with Gasteiger partial charge in [0.2, 0.25) is 15.9 Å². The van der Waals surface area contributed by atoms with E-state index < -0.39 is 10.0 Å². The molecule has 0 radical (unpaired) electrons. The fourth-order valence-corrected chi connectivity index (χ4v) is 2.76. The molecule has 0 saturated carbocycles. The molecule has 19 heavy (non-hydrogen) atoms. The van der Waals surface area contributed by atoms with Crippen molar-refractivity contribution in [3.8, 4) is 0 Å². The lowest BCUT2D eigenvalue weighted by atomic mass is 10.1. The molecular weight excluding hydrogens is 264 g/mol. The van der Waals surface area contributed by atoms with Gasteiger partial charge in [-0.1, -0.05) is 12.1 Å². The van der Waals surface area contributed by atoms with Crippen molar-refractivity contribution in [2.75, 3.05) is 23.7 Å². The number of carbonyl (C=O) groups is 1. The predicted octanol–water partition coefficient (Wildman–Crippen LogP) is 1.21. The van der Waals surface area contributed by atoms with Crippen LogP contribution in [0.15, 0.2) is 18.2 Å². The van der Waals surface area contributed by atoms with Crippen molar-refractivity contribution in [1.29, 1.82) is 0 Å². The number of carbonyl (C=O) groups excluding carboxylic acids is 1. The number of benzene rings is 1. The van der Waals surface area contributed by atoms with E-state index >= 15 is 0 Å². The topological polar surface area (TPSA) is 66.5 Å². The zero-order valence-corrected chi connectivity index (χ0v) is 12.5.